The topological polar surface area (TPSA) is 39.1 Å². The van der Waals surface area contributed by atoms with Gasteiger partial charge in [-0.3, -0.25) is 4.68 Å². The minimum Gasteiger partial charge on any atom is -0.383 e. The Kier molecular flexibility index (Phi) is 7.97. The summed E-state index contributed by atoms with van der Waals surface area (Å²) in [5, 5.41) is 7.76. The van der Waals surface area contributed by atoms with Crippen molar-refractivity contribution < 1.29 is 4.74 Å². The molecule has 1 N–H and O–H groups in total. The van der Waals surface area contributed by atoms with Gasteiger partial charge in [-0.1, -0.05) is 6.92 Å². The highest BCUT2D eigenvalue weighted by Gasteiger charge is 2.18. The molecule has 0 aliphatic rings. The molecule has 4 nitrogen and oxygen atoms in total. The first-order chi connectivity index (χ1) is 8.74. The molecule has 6 heteroatoms. The summed E-state index contributed by atoms with van der Waals surface area (Å²) in [7, 11) is 3.71. The predicted molar refractivity (Wildman–Crippen MR) is 81.2 cm³/mol. The lowest BCUT2D eigenvalue weighted by Gasteiger charge is -2.18. The first-order valence-electron chi connectivity index (χ1n) is 6.19. The van der Waals surface area contributed by atoms with Gasteiger partial charge in [0, 0.05) is 12.9 Å². The Labute approximate surface area is 122 Å². The van der Waals surface area contributed by atoms with Gasteiger partial charge in [0.2, 0.25) is 0 Å². The molecule has 0 aliphatic carbocycles. The predicted octanol–water partition coefficient (Wildman–Crippen LogP) is 2.70. The molecule has 0 fully saturated rings. The number of hydrogen-bond acceptors (Lipinski definition) is 4. The minimum atomic E-state index is 0.315. The van der Waals surface area contributed by atoms with Crippen LogP contribution in [-0.4, -0.2) is 42.1 Å². The lowest BCUT2D eigenvalue weighted by Crippen LogP contribution is -2.24. The number of rotatable bonds is 9. The maximum atomic E-state index is 5.12. The van der Waals surface area contributed by atoms with Crippen molar-refractivity contribution in [1.82, 2.24) is 15.1 Å². The number of thioether (sulfide) groups is 1. The molecule has 18 heavy (non-hydrogen) atoms. The summed E-state index contributed by atoms with van der Waals surface area (Å²) >= 11 is 5.56. The number of ether oxygens (including phenoxy) is 1. The highest BCUT2D eigenvalue weighted by Crippen LogP contribution is 2.26. The molecule has 0 radical (unpaired) electrons. The van der Waals surface area contributed by atoms with Crippen molar-refractivity contribution in [2.75, 3.05) is 32.3 Å². The lowest BCUT2D eigenvalue weighted by atomic mass is 10.2. The van der Waals surface area contributed by atoms with Crippen LogP contribution >= 0.6 is 27.7 Å². The molecule has 0 amide bonds. The number of halogens is 1. The van der Waals surface area contributed by atoms with Gasteiger partial charge in [0.05, 0.1) is 35.6 Å². The standard InChI is InChI=1S/C12H22BrN3OS/c1-4-7-18-9-11(14-2)12-10(13)8-15-16(12)5-6-17-3/h8,11,14H,4-7,9H2,1-3H3. The summed E-state index contributed by atoms with van der Waals surface area (Å²) in [6.45, 7) is 3.67. The van der Waals surface area contributed by atoms with Crippen molar-refractivity contribution in [3.63, 3.8) is 0 Å². The van der Waals surface area contributed by atoms with Gasteiger partial charge in [0.15, 0.2) is 0 Å². The number of nitrogens with one attached hydrogen (secondary N) is 1. The molecule has 0 bridgehead atoms. The van der Waals surface area contributed by atoms with Crippen LogP contribution in [0.25, 0.3) is 0 Å². The first-order valence-corrected chi connectivity index (χ1v) is 8.14. The van der Waals surface area contributed by atoms with Crippen LogP contribution in [0.4, 0.5) is 0 Å². The van der Waals surface area contributed by atoms with Crippen LogP contribution in [0.1, 0.15) is 25.1 Å². The van der Waals surface area contributed by atoms with Gasteiger partial charge >= 0.3 is 0 Å². The quantitative estimate of drug-likeness (QED) is 0.704. The maximum Gasteiger partial charge on any atom is 0.0705 e. The third kappa shape index (κ3) is 4.57. The van der Waals surface area contributed by atoms with E-state index in [4.69, 9.17) is 4.74 Å². The summed E-state index contributed by atoms with van der Waals surface area (Å²) in [6.07, 6.45) is 3.07. The van der Waals surface area contributed by atoms with E-state index in [1.165, 1.54) is 17.9 Å². The summed E-state index contributed by atoms with van der Waals surface area (Å²) in [4.78, 5) is 0. The zero-order valence-electron chi connectivity index (χ0n) is 11.3. The Morgan fingerprint density at radius 3 is 3.00 bits per heavy atom. The molecule has 104 valence electrons. The van der Waals surface area contributed by atoms with Crippen molar-refractivity contribution in [1.29, 1.82) is 0 Å². The molecule has 0 spiro atoms. The zero-order valence-corrected chi connectivity index (χ0v) is 13.7. The molecule has 0 aromatic carbocycles. The molecule has 0 aliphatic heterocycles. The van der Waals surface area contributed by atoms with Crippen molar-refractivity contribution in [3.8, 4) is 0 Å². The Morgan fingerprint density at radius 2 is 2.39 bits per heavy atom. The van der Waals surface area contributed by atoms with Crippen LogP contribution in [0.2, 0.25) is 0 Å². The molecule has 1 unspecified atom stereocenters. The van der Waals surface area contributed by atoms with Crippen LogP contribution < -0.4 is 5.32 Å². The van der Waals surface area contributed by atoms with Crippen molar-refractivity contribution in [2.24, 2.45) is 0 Å². The summed E-state index contributed by atoms with van der Waals surface area (Å²) in [5.74, 6) is 2.25. The average Bonchev–Trinajstić information content (AvgIpc) is 2.74. The molecule has 1 heterocycles. The molecule has 0 saturated heterocycles. The van der Waals surface area contributed by atoms with Gasteiger partial charge in [0.1, 0.15) is 0 Å². The lowest BCUT2D eigenvalue weighted by molar-refractivity contribution is 0.182. The van der Waals surface area contributed by atoms with Crippen LogP contribution in [0, 0.1) is 0 Å². The van der Waals surface area contributed by atoms with E-state index in [9.17, 15) is 0 Å². The van der Waals surface area contributed by atoms with Gasteiger partial charge in [0.25, 0.3) is 0 Å². The van der Waals surface area contributed by atoms with Crippen LogP contribution in [0.5, 0.6) is 0 Å². The van der Waals surface area contributed by atoms with E-state index in [0.29, 0.717) is 12.6 Å². The van der Waals surface area contributed by atoms with E-state index in [1.807, 2.05) is 29.7 Å². The van der Waals surface area contributed by atoms with Crippen LogP contribution in [0.3, 0.4) is 0 Å². The third-order valence-electron chi connectivity index (χ3n) is 2.65. The number of aromatic nitrogens is 2. The molecular weight excluding hydrogens is 314 g/mol. The highest BCUT2D eigenvalue weighted by atomic mass is 79.9. The van der Waals surface area contributed by atoms with E-state index in [0.717, 1.165) is 16.8 Å². The van der Waals surface area contributed by atoms with E-state index >= 15 is 0 Å². The first kappa shape index (κ1) is 16.0. The highest BCUT2D eigenvalue weighted by molar-refractivity contribution is 9.10. The monoisotopic (exact) mass is 335 g/mol. The fourth-order valence-corrected chi connectivity index (χ4v) is 3.31. The Bertz CT molecular complexity index is 346. The van der Waals surface area contributed by atoms with Gasteiger partial charge in [-0.25, -0.2) is 0 Å². The second-order valence-electron chi connectivity index (χ2n) is 4.01. The zero-order chi connectivity index (χ0) is 13.4. The summed E-state index contributed by atoms with van der Waals surface area (Å²) in [5.41, 5.74) is 1.21. The van der Waals surface area contributed by atoms with E-state index in [-0.39, 0.29) is 0 Å². The Balaban J connectivity index is 2.73. The van der Waals surface area contributed by atoms with Crippen molar-refractivity contribution in [2.45, 2.75) is 25.9 Å². The fourth-order valence-electron chi connectivity index (χ4n) is 1.72. The van der Waals surface area contributed by atoms with E-state index in [1.54, 1.807) is 7.11 Å². The normalized spacial score (nSPS) is 12.9. The van der Waals surface area contributed by atoms with Crippen molar-refractivity contribution in [3.05, 3.63) is 16.4 Å². The van der Waals surface area contributed by atoms with Gasteiger partial charge in [-0.15, -0.1) is 0 Å². The van der Waals surface area contributed by atoms with Gasteiger partial charge < -0.3 is 10.1 Å². The Hall–Kier alpha value is -0.0400. The molecule has 0 saturated carbocycles. The number of methoxy groups -OCH3 is 1. The van der Waals surface area contributed by atoms with Crippen LogP contribution in [0.15, 0.2) is 10.7 Å². The average molecular weight is 336 g/mol. The number of hydrogen-bond donors (Lipinski definition) is 1. The molecule has 1 atom stereocenters. The maximum absolute atomic E-state index is 5.12. The third-order valence-corrected chi connectivity index (χ3v) is 4.53. The Morgan fingerprint density at radius 1 is 1.61 bits per heavy atom. The molecular formula is C12H22BrN3OS. The fraction of sp³-hybridized carbons (Fsp3) is 0.750. The molecule has 1 aromatic heterocycles. The van der Waals surface area contributed by atoms with Gasteiger partial charge in [-0.2, -0.15) is 16.9 Å². The molecule has 1 aromatic rings. The number of nitrogens with zero attached hydrogens (tertiary/aromatic N) is 2. The SMILES string of the molecule is CCCSCC(NC)c1c(Br)cnn1CCOC. The minimum absolute atomic E-state index is 0.315. The summed E-state index contributed by atoms with van der Waals surface area (Å²) in [6, 6.07) is 0.315. The van der Waals surface area contributed by atoms with Crippen LogP contribution in [-0.2, 0) is 11.3 Å². The second-order valence-corrected chi connectivity index (χ2v) is 6.01. The molecule has 1 rings (SSSR count). The second kappa shape index (κ2) is 8.96. The van der Waals surface area contributed by atoms with Crippen molar-refractivity contribution >= 4 is 27.7 Å². The smallest absolute Gasteiger partial charge is 0.0705 e. The van der Waals surface area contributed by atoms with E-state index < -0.39 is 0 Å². The van der Waals surface area contributed by atoms with Gasteiger partial charge in [-0.05, 0) is 35.2 Å². The summed E-state index contributed by atoms with van der Waals surface area (Å²) < 4.78 is 8.20. The largest absolute Gasteiger partial charge is 0.383 e. The van der Waals surface area contributed by atoms with E-state index in [2.05, 4.69) is 33.3 Å².